The number of anilines is 1. The number of hydrogen-bond acceptors (Lipinski definition) is 4. The summed E-state index contributed by atoms with van der Waals surface area (Å²) in [6.45, 7) is 13.0. The van der Waals surface area contributed by atoms with Crippen LogP contribution in [0.25, 0.3) is 10.8 Å². The van der Waals surface area contributed by atoms with E-state index in [1.807, 2.05) is 49.4 Å². The van der Waals surface area contributed by atoms with Gasteiger partial charge < -0.3 is 20.3 Å². The summed E-state index contributed by atoms with van der Waals surface area (Å²) in [7, 11) is 0. The molecule has 0 aromatic heterocycles. The molecular formula is C35H43N3O4. The third-order valence-electron chi connectivity index (χ3n) is 6.93. The number of hydrogen-bond donors (Lipinski definition) is 2. The summed E-state index contributed by atoms with van der Waals surface area (Å²) in [5.41, 5.74) is 1.17. The Hall–Kier alpha value is -4.31. The van der Waals surface area contributed by atoms with Gasteiger partial charge in [0, 0.05) is 17.3 Å². The maximum Gasteiger partial charge on any atom is 0.408 e. The van der Waals surface area contributed by atoms with Crippen LogP contribution in [0, 0.1) is 18.3 Å². The molecule has 2 N–H and O–H groups in total. The van der Waals surface area contributed by atoms with E-state index in [-0.39, 0.29) is 11.9 Å². The summed E-state index contributed by atoms with van der Waals surface area (Å²) >= 11 is 0. The van der Waals surface area contributed by atoms with E-state index < -0.39 is 29.7 Å². The minimum absolute atomic E-state index is 0.317. The van der Waals surface area contributed by atoms with Crippen molar-refractivity contribution in [2.24, 2.45) is 5.92 Å². The van der Waals surface area contributed by atoms with E-state index in [1.165, 1.54) is 0 Å². The van der Waals surface area contributed by atoms with Crippen molar-refractivity contribution in [2.45, 2.75) is 85.0 Å². The van der Waals surface area contributed by atoms with E-state index >= 15 is 0 Å². The number of rotatable bonds is 10. The van der Waals surface area contributed by atoms with E-state index in [1.54, 1.807) is 56.9 Å². The lowest BCUT2D eigenvalue weighted by Gasteiger charge is -2.38. The zero-order chi connectivity index (χ0) is 31.0. The Morgan fingerprint density at radius 1 is 0.905 bits per heavy atom. The van der Waals surface area contributed by atoms with Gasteiger partial charge in [-0.1, -0.05) is 62.2 Å². The van der Waals surface area contributed by atoms with Crippen LogP contribution in [0.1, 0.15) is 78.5 Å². The molecule has 42 heavy (non-hydrogen) atoms. The van der Waals surface area contributed by atoms with Gasteiger partial charge in [0.1, 0.15) is 17.7 Å². The number of amides is 3. The minimum atomic E-state index is -0.985. The topological polar surface area (TPSA) is 87.7 Å². The number of fused-ring (bicyclic) bond motifs is 1. The molecule has 3 aromatic rings. The van der Waals surface area contributed by atoms with Gasteiger partial charge in [-0.2, -0.15) is 0 Å². The highest BCUT2D eigenvalue weighted by Gasteiger charge is 2.37. The molecule has 7 heteroatoms. The summed E-state index contributed by atoms with van der Waals surface area (Å²) in [5, 5.41) is 7.74. The SMILES string of the molecule is C#Cc1ccc(C(C(=O)Nc2ccc3ccccc3c2)N(C(=O)C(C)NC(=O)OC(C)(C)C)C(C)CCC(C)C)cc1. The van der Waals surface area contributed by atoms with Crippen LogP contribution in [0.3, 0.4) is 0 Å². The van der Waals surface area contributed by atoms with Gasteiger partial charge in [-0.25, -0.2) is 4.79 Å². The van der Waals surface area contributed by atoms with Crippen molar-refractivity contribution < 1.29 is 19.1 Å². The lowest BCUT2D eigenvalue weighted by atomic mass is 9.96. The van der Waals surface area contributed by atoms with Crippen molar-refractivity contribution in [3.63, 3.8) is 0 Å². The zero-order valence-electron chi connectivity index (χ0n) is 25.7. The monoisotopic (exact) mass is 569 g/mol. The Morgan fingerprint density at radius 2 is 1.55 bits per heavy atom. The smallest absolute Gasteiger partial charge is 0.408 e. The van der Waals surface area contributed by atoms with Crippen molar-refractivity contribution in [3.8, 4) is 12.3 Å². The molecule has 0 saturated carbocycles. The van der Waals surface area contributed by atoms with Crippen molar-refractivity contribution in [3.05, 3.63) is 77.9 Å². The Labute approximate surface area is 250 Å². The molecule has 0 fully saturated rings. The van der Waals surface area contributed by atoms with Gasteiger partial charge in [-0.05, 0) is 94.0 Å². The number of carbonyl (C=O) groups excluding carboxylic acids is 3. The average molecular weight is 570 g/mol. The molecule has 222 valence electrons. The van der Waals surface area contributed by atoms with Crippen LogP contribution in [0.4, 0.5) is 10.5 Å². The van der Waals surface area contributed by atoms with Gasteiger partial charge in [0.15, 0.2) is 0 Å². The van der Waals surface area contributed by atoms with E-state index in [0.717, 1.165) is 17.2 Å². The minimum Gasteiger partial charge on any atom is -0.444 e. The molecule has 3 unspecified atom stereocenters. The lowest BCUT2D eigenvalue weighted by molar-refractivity contribution is -0.143. The largest absolute Gasteiger partial charge is 0.444 e. The molecule has 3 rings (SSSR count). The first-order valence-electron chi connectivity index (χ1n) is 14.5. The van der Waals surface area contributed by atoms with Gasteiger partial charge >= 0.3 is 6.09 Å². The van der Waals surface area contributed by atoms with Crippen LogP contribution in [0.2, 0.25) is 0 Å². The lowest BCUT2D eigenvalue weighted by Crippen LogP contribution is -2.54. The van der Waals surface area contributed by atoms with Crippen molar-refractivity contribution in [2.75, 3.05) is 5.32 Å². The number of nitrogens with zero attached hydrogens (tertiary/aromatic N) is 1. The summed E-state index contributed by atoms with van der Waals surface area (Å²) in [6, 6.07) is 18.4. The summed E-state index contributed by atoms with van der Waals surface area (Å²) in [5.74, 6) is 2.25. The molecule has 0 aliphatic heterocycles. The molecule has 0 radical (unpaired) electrons. The molecule has 3 amide bonds. The first-order valence-corrected chi connectivity index (χ1v) is 14.5. The highest BCUT2D eigenvalue weighted by Crippen LogP contribution is 2.29. The number of benzene rings is 3. The Bertz CT molecular complexity index is 1430. The van der Waals surface area contributed by atoms with Gasteiger partial charge in [-0.3, -0.25) is 9.59 Å². The predicted molar refractivity (Wildman–Crippen MR) is 169 cm³/mol. The second-order valence-electron chi connectivity index (χ2n) is 12.2. The Balaban J connectivity index is 2.03. The molecule has 0 saturated heterocycles. The summed E-state index contributed by atoms with van der Waals surface area (Å²) < 4.78 is 5.39. The first kappa shape index (κ1) is 32.2. The molecule has 0 heterocycles. The number of carbonyl (C=O) groups is 3. The maximum absolute atomic E-state index is 14.2. The number of terminal acetylenes is 1. The molecule has 7 nitrogen and oxygen atoms in total. The second kappa shape index (κ2) is 14.0. The van der Waals surface area contributed by atoms with E-state index in [4.69, 9.17) is 11.2 Å². The van der Waals surface area contributed by atoms with Crippen molar-refractivity contribution >= 4 is 34.4 Å². The molecule has 0 aliphatic carbocycles. The van der Waals surface area contributed by atoms with Gasteiger partial charge in [0.05, 0.1) is 0 Å². The van der Waals surface area contributed by atoms with Crippen molar-refractivity contribution in [1.82, 2.24) is 10.2 Å². The maximum atomic E-state index is 14.2. The van der Waals surface area contributed by atoms with E-state index in [2.05, 4.69) is 30.4 Å². The Morgan fingerprint density at radius 3 is 2.14 bits per heavy atom. The highest BCUT2D eigenvalue weighted by molar-refractivity contribution is 6.00. The van der Waals surface area contributed by atoms with Crippen LogP contribution in [0.5, 0.6) is 0 Å². The number of ether oxygens (including phenoxy) is 1. The molecular weight excluding hydrogens is 526 g/mol. The fraction of sp³-hybridized carbons (Fsp3) is 0.400. The van der Waals surface area contributed by atoms with Crippen LogP contribution >= 0.6 is 0 Å². The van der Waals surface area contributed by atoms with Gasteiger partial charge in [0.25, 0.3) is 5.91 Å². The third kappa shape index (κ3) is 8.84. The van der Waals surface area contributed by atoms with Gasteiger partial charge in [-0.15, -0.1) is 6.42 Å². The van der Waals surface area contributed by atoms with Gasteiger partial charge in [0.2, 0.25) is 5.91 Å². The number of nitrogens with one attached hydrogen (secondary N) is 2. The van der Waals surface area contributed by atoms with Crippen LogP contribution in [0.15, 0.2) is 66.7 Å². The van der Waals surface area contributed by atoms with Crippen LogP contribution in [-0.2, 0) is 14.3 Å². The molecule has 3 atom stereocenters. The molecule has 3 aromatic carbocycles. The molecule has 0 aliphatic rings. The standard InChI is InChI=1S/C35H43N3O4/c1-9-26-16-18-28(19-17-26)31(32(39)37-30-21-20-27-12-10-11-13-29(27)22-30)38(24(4)15-14-23(2)3)33(40)25(5)36-34(41)42-35(6,7)8/h1,10-13,16-25,31H,14-15H2,2-8H3,(H,36,41)(H,37,39). The highest BCUT2D eigenvalue weighted by atomic mass is 16.6. The van der Waals surface area contributed by atoms with Crippen molar-refractivity contribution in [1.29, 1.82) is 0 Å². The average Bonchev–Trinajstić information content (AvgIpc) is 2.93. The quantitative estimate of drug-likeness (QED) is 0.256. The van der Waals surface area contributed by atoms with Crippen LogP contribution < -0.4 is 10.6 Å². The molecule has 0 spiro atoms. The Kier molecular flexibility index (Phi) is 10.8. The number of alkyl carbamates (subject to hydrolysis) is 1. The normalized spacial score (nSPS) is 13.5. The first-order chi connectivity index (χ1) is 19.8. The summed E-state index contributed by atoms with van der Waals surface area (Å²) in [4.78, 5) is 42.5. The molecule has 0 bridgehead atoms. The fourth-order valence-electron chi connectivity index (χ4n) is 4.76. The predicted octanol–water partition coefficient (Wildman–Crippen LogP) is 7.07. The zero-order valence-corrected chi connectivity index (χ0v) is 25.7. The van der Waals surface area contributed by atoms with Crippen LogP contribution in [-0.4, -0.2) is 40.5 Å². The third-order valence-corrected chi connectivity index (χ3v) is 6.93. The summed E-state index contributed by atoms with van der Waals surface area (Å²) in [6.07, 6.45) is 6.42. The fourth-order valence-corrected chi connectivity index (χ4v) is 4.76. The van der Waals surface area contributed by atoms with E-state index in [0.29, 0.717) is 29.2 Å². The van der Waals surface area contributed by atoms with E-state index in [9.17, 15) is 14.4 Å². The second-order valence-corrected chi connectivity index (χ2v) is 12.2.